The van der Waals surface area contributed by atoms with Crippen molar-refractivity contribution in [3.8, 4) is 0 Å². The second-order valence-electron chi connectivity index (χ2n) is 6.90. The number of hydrogen-bond donors (Lipinski definition) is 1. The minimum atomic E-state index is -0.252. The number of nitrogens with zero attached hydrogens (tertiary/aromatic N) is 1. The number of ether oxygens (including phenoxy) is 1. The van der Waals surface area contributed by atoms with Crippen LogP contribution in [0.15, 0.2) is 46.6 Å². The molecule has 0 amide bonds. The lowest BCUT2D eigenvalue weighted by molar-refractivity contribution is 0.219. The fraction of sp³-hybridized carbons (Fsp3) is 0.450. The molecule has 1 aromatic carbocycles. The second-order valence-corrected chi connectivity index (χ2v) is 7.35. The first-order valence-corrected chi connectivity index (χ1v) is 8.68. The number of halogens is 1. The fourth-order valence-electron chi connectivity index (χ4n) is 1.84. The highest BCUT2D eigenvalue weighted by Gasteiger charge is 2.19. The van der Waals surface area contributed by atoms with E-state index in [9.17, 15) is 0 Å². The Morgan fingerprint density at radius 2 is 1.83 bits per heavy atom. The van der Waals surface area contributed by atoms with Gasteiger partial charge in [-0.15, -0.1) is 0 Å². The van der Waals surface area contributed by atoms with Gasteiger partial charge in [0.1, 0.15) is 11.5 Å². The molecular formula is C20H29ClN2O. The van der Waals surface area contributed by atoms with Gasteiger partial charge in [-0.2, -0.15) is 0 Å². The maximum absolute atomic E-state index is 6.21. The molecule has 0 unspecified atom stereocenters. The molecule has 0 atom stereocenters. The van der Waals surface area contributed by atoms with Crippen LogP contribution in [0.5, 0.6) is 0 Å². The Labute approximate surface area is 151 Å². The van der Waals surface area contributed by atoms with Crippen LogP contribution in [-0.4, -0.2) is 12.4 Å². The highest BCUT2D eigenvalue weighted by Crippen LogP contribution is 2.29. The molecule has 0 aliphatic heterocycles. The van der Waals surface area contributed by atoms with Gasteiger partial charge >= 0.3 is 0 Å². The quantitative estimate of drug-likeness (QED) is 0.228. The number of aliphatic imine (C=N–C) groups is 1. The predicted molar refractivity (Wildman–Crippen MR) is 105 cm³/mol. The lowest BCUT2D eigenvalue weighted by Gasteiger charge is -2.20. The summed E-state index contributed by atoms with van der Waals surface area (Å²) >= 11 is 6.21. The summed E-state index contributed by atoms with van der Waals surface area (Å²) in [6.07, 6.45) is 1.97. The van der Waals surface area contributed by atoms with Gasteiger partial charge in [0, 0.05) is 11.0 Å². The minimum Gasteiger partial charge on any atom is -0.490 e. The van der Waals surface area contributed by atoms with Gasteiger partial charge in [0.15, 0.2) is 5.76 Å². The van der Waals surface area contributed by atoms with E-state index in [-0.39, 0.29) is 5.41 Å². The van der Waals surface area contributed by atoms with E-state index in [1.807, 2.05) is 52.0 Å². The summed E-state index contributed by atoms with van der Waals surface area (Å²) in [7, 11) is 0. The third-order valence-electron chi connectivity index (χ3n) is 3.53. The Morgan fingerprint density at radius 1 is 1.25 bits per heavy atom. The van der Waals surface area contributed by atoms with E-state index in [2.05, 4.69) is 18.5 Å². The van der Waals surface area contributed by atoms with Crippen LogP contribution in [0.3, 0.4) is 0 Å². The van der Waals surface area contributed by atoms with Crippen LogP contribution in [0.25, 0.3) is 5.70 Å². The molecule has 4 heteroatoms. The van der Waals surface area contributed by atoms with Crippen molar-refractivity contribution in [1.29, 1.82) is 0 Å². The highest BCUT2D eigenvalue weighted by atomic mass is 35.5. The number of benzene rings is 1. The smallest absolute Gasteiger partial charge is 0.163 e. The Kier molecular flexibility index (Phi) is 7.56. The summed E-state index contributed by atoms with van der Waals surface area (Å²) in [6.45, 7) is 14.6. The summed E-state index contributed by atoms with van der Waals surface area (Å²) < 4.78 is 5.89. The number of unbranched alkanes of at least 4 members (excludes halogenated alkanes) is 1. The zero-order chi connectivity index (χ0) is 18.3. The van der Waals surface area contributed by atoms with Crippen molar-refractivity contribution >= 4 is 23.1 Å². The van der Waals surface area contributed by atoms with Crippen LogP contribution in [0.1, 0.15) is 51.7 Å². The third kappa shape index (κ3) is 6.04. The zero-order valence-electron chi connectivity index (χ0n) is 15.4. The minimum absolute atomic E-state index is 0.252. The molecular weight excluding hydrogens is 320 g/mol. The van der Waals surface area contributed by atoms with E-state index in [4.69, 9.17) is 22.1 Å². The van der Waals surface area contributed by atoms with Crippen molar-refractivity contribution < 1.29 is 4.74 Å². The van der Waals surface area contributed by atoms with Gasteiger partial charge in [-0.3, -0.25) is 0 Å². The van der Waals surface area contributed by atoms with Crippen molar-refractivity contribution in [3.63, 3.8) is 0 Å². The fourth-order valence-corrected chi connectivity index (χ4v) is 1.98. The monoisotopic (exact) mass is 348 g/mol. The molecule has 24 heavy (non-hydrogen) atoms. The molecule has 0 heterocycles. The van der Waals surface area contributed by atoms with Crippen LogP contribution in [0, 0.1) is 12.3 Å². The molecule has 132 valence electrons. The molecule has 3 nitrogen and oxygen atoms in total. The van der Waals surface area contributed by atoms with Crippen LogP contribution < -0.4 is 5.73 Å². The third-order valence-corrected chi connectivity index (χ3v) is 3.70. The molecule has 0 saturated carbocycles. The first kappa shape index (κ1) is 20.3. The molecule has 0 fully saturated rings. The van der Waals surface area contributed by atoms with E-state index in [1.54, 1.807) is 0 Å². The van der Waals surface area contributed by atoms with Gasteiger partial charge < -0.3 is 10.5 Å². The number of rotatable bonds is 7. The van der Waals surface area contributed by atoms with Crippen molar-refractivity contribution in [3.05, 3.63) is 52.8 Å². The SMILES string of the molecule is C=C(Cl)/C(OCCCC)=C(\N=C(/N)C(C)(C)C)c1ccc(C)cc1. The lowest BCUT2D eigenvalue weighted by atomic mass is 9.95. The van der Waals surface area contributed by atoms with Crippen LogP contribution in [0.2, 0.25) is 0 Å². The second kappa shape index (κ2) is 8.93. The number of hydrogen-bond acceptors (Lipinski definition) is 2. The first-order chi connectivity index (χ1) is 11.2. The van der Waals surface area contributed by atoms with Crippen LogP contribution in [0.4, 0.5) is 0 Å². The molecule has 0 saturated heterocycles. The summed E-state index contributed by atoms with van der Waals surface area (Å²) in [5.41, 5.74) is 8.65. The predicted octanol–water partition coefficient (Wildman–Crippen LogP) is 5.64. The van der Waals surface area contributed by atoms with Gasteiger partial charge in [-0.1, -0.05) is 82.1 Å². The average Bonchev–Trinajstić information content (AvgIpc) is 2.49. The van der Waals surface area contributed by atoms with Crippen LogP contribution >= 0.6 is 11.6 Å². The zero-order valence-corrected chi connectivity index (χ0v) is 16.2. The topological polar surface area (TPSA) is 47.6 Å². The van der Waals surface area contributed by atoms with E-state index < -0.39 is 0 Å². The lowest BCUT2D eigenvalue weighted by Crippen LogP contribution is -2.29. The summed E-state index contributed by atoms with van der Waals surface area (Å²) in [6, 6.07) is 8.04. The summed E-state index contributed by atoms with van der Waals surface area (Å²) in [5.74, 6) is 1.01. The average molecular weight is 349 g/mol. The number of nitrogens with two attached hydrogens (primary N) is 1. The first-order valence-electron chi connectivity index (χ1n) is 8.30. The normalized spacial score (nSPS) is 13.5. The van der Waals surface area contributed by atoms with Gasteiger partial charge in [-0.05, 0) is 13.3 Å². The molecule has 0 radical (unpaired) electrons. The number of amidine groups is 1. The van der Waals surface area contributed by atoms with E-state index >= 15 is 0 Å². The molecule has 1 rings (SSSR count). The molecule has 0 spiro atoms. The standard InChI is InChI=1S/C20H29ClN2O/c1-7-8-13-24-18(15(3)21)17(23-19(22)20(4,5)6)16-11-9-14(2)10-12-16/h9-12H,3,7-8,13H2,1-2,4-6H3,(H2,22,23)/b18-17+. The van der Waals surface area contributed by atoms with E-state index in [1.165, 1.54) is 5.56 Å². The van der Waals surface area contributed by atoms with Crippen molar-refractivity contribution in [2.45, 2.75) is 47.5 Å². The Morgan fingerprint density at radius 3 is 2.29 bits per heavy atom. The number of aryl methyl sites for hydroxylation is 1. The van der Waals surface area contributed by atoms with E-state index in [0.717, 1.165) is 18.4 Å². The molecule has 1 aromatic rings. The molecule has 0 aliphatic rings. The largest absolute Gasteiger partial charge is 0.490 e. The summed E-state index contributed by atoms with van der Waals surface area (Å²) in [5, 5.41) is 0.326. The van der Waals surface area contributed by atoms with Crippen molar-refractivity contribution in [2.24, 2.45) is 16.1 Å². The Hall–Kier alpha value is -1.74. The summed E-state index contributed by atoms with van der Waals surface area (Å²) in [4.78, 5) is 4.65. The van der Waals surface area contributed by atoms with Gasteiger partial charge in [-0.25, -0.2) is 4.99 Å². The van der Waals surface area contributed by atoms with Gasteiger partial charge in [0.2, 0.25) is 0 Å². The maximum atomic E-state index is 6.21. The Balaban J connectivity index is 3.46. The van der Waals surface area contributed by atoms with Crippen molar-refractivity contribution in [2.75, 3.05) is 6.61 Å². The maximum Gasteiger partial charge on any atom is 0.163 e. The highest BCUT2D eigenvalue weighted by molar-refractivity contribution is 6.32. The van der Waals surface area contributed by atoms with E-state index in [0.29, 0.717) is 28.9 Å². The molecule has 2 N–H and O–H groups in total. The van der Waals surface area contributed by atoms with Gasteiger partial charge in [0.05, 0.1) is 11.6 Å². The molecule has 0 aliphatic carbocycles. The molecule has 0 aromatic heterocycles. The van der Waals surface area contributed by atoms with Crippen LogP contribution in [-0.2, 0) is 4.74 Å². The van der Waals surface area contributed by atoms with Gasteiger partial charge in [0.25, 0.3) is 0 Å². The Bertz CT molecular complexity index is 622. The number of allylic oxidation sites excluding steroid dienone is 1. The van der Waals surface area contributed by atoms with Crippen molar-refractivity contribution in [1.82, 2.24) is 0 Å². The molecule has 0 bridgehead atoms.